The summed E-state index contributed by atoms with van der Waals surface area (Å²) in [5.74, 6) is 0.429. The number of benzene rings is 2. The molecule has 2 aromatic carbocycles. The Morgan fingerprint density at radius 2 is 1.71 bits per heavy atom. The lowest BCUT2D eigenvalue weighted by Gasteiger charge is -2.37. The molecular weight excluding hydrogens is 401 g/mol. The zero-order valence-electron chi connectivity index (χ0n) is 17.7. The summed E-state index contributed by atoms with van der Waals surface area (Å²) < 4.78 is 23.8. The number of hydrogen-bond donors (Lipinski definition) is 0. The molecule has 2 fully saturated rings. The molecule has 31 heavy (non-hydrogen) atoms. The monoisotopic (exact) mass is 427 g/mol. The molecule has 0 saturated carbocycles. The van der Waals surface area contributed by atoms with Gasteiger partial charge in [-0.2, -0.15) is 0 Å². The quantitative estimate of drug-likeness (QED) is 0.734. The molecule has 8 heteroatoms. The molecule has 1 atom stereocenters. The van der Waals surface area contributed by atoms with Gasteiger partial charge < -0.3 is 24.2 Å². The molecule has 0 N–H and O–H groups in total. The molecule has 164 valence electrons. The van der Waals surface area contributed by atoms with Gasteiger partial charge >= 0.3 is 0 Å². The highest BCUT2D eigenvalue weighted by Gasteiger charge is 2.39. The average molecular weight is 427 g/mol. The lowest BCUT2D eigenvalue weighted by atomic mass is 10.1. The molecule has 0 unspecified atom stereocenters. The van der Waals surface area contributed by atoms with E-state index in [-0.39, 0.29) is 30.0 Å². The molecular formula is C23H26FN3O4. The fourth-order valence-corrected chi connectivity index (χ4v) is 4.21. The van der Waals surface area contributed by atoms with Gasteiger partial charge in [-0.25, -0.2) is 4.39 Å². The molecule has 2 amide bonds. The van der Waals surface area contributed by atoms with E-state index in [1.165, 1.54) is 12.1 Å². The van der Waals surface area contributed by atoms with Crippen molar-refractivity contribution in [3.63, 3.8) is 0 Å². The molecule has 0 aliphatic carbocycles. The minimum atomic E-state index is -0.388. The van der Waals surface area contributed by atoms with E-state index >= 15 is 0 Å². The first-order valence-corrected chi connectivity index (χ1v) is 10.3. The molecule has 0 aromatic heterocycles. The Balaban J connectivity index is 1.41. The predicted octanol–water partition coefficient (Wildman–Crippen LogP) is 2.54. The Bertz CT molecular complexity index is 958. The third kappa shape index (κ3) is 4.28. The maximum absolute atomic E-state index is 13.2. The number of amides is 2. The SMILES string of the molecule is COc1ccc(OC)c(N2C[C@H](C(=O)N3CCN(c4ccc(F)cc4)CC3)CC2=O)c1. The van der Waals surface area contributed by atoms with Crippen molar-refractivity contribution in [2.24, 2.45) is 5.92 Å². The number of carbonyl (C=O) groups is 2. The highest BCUT2D eigenvalue weighted by Crippen LogP contribution is 2.36. The van der Waals surface area contributed by atoms with Gasteiger partial charge in [0.2, 0.25) is 11.8 Å². The van der Waals surface area contributed by atoms with E-state index in [2.05, 4.69) is 4.90 Å². The van der Waals surface area contributed by atoms with Gasteiger partial charge in [0.1, 0.15) is 17.3 Å². The van der Waals surface area contributed by atoms with Gasteiger partial charge in [0.25, 0.3) is 0 Å². The Morgan fingerprint density at radius 3 is 2.35 bits per heavy atom. The van der Waals surface area contributed by atoms with Crippen LogP contribution in [0.4, 0.5) is 15.8 Å². The van der Waals surface area contributed by atoms with Gasteiger partial charge in [0.05, 0.1) is 25.8 Å². The lowest BCUT2D eigenvalue weighted by molar-refractivity contribution is -0.136. The zero-order chi connectivity index (χ0) is 22.0. The van der Waals surface area contributed by atoms with Crippen molar-refractivity contribution >= 4 is 23.2 Å². The molecule has 7 nitrogen and oxygen atoms in total. The minimum Gasteiger partial charge on any atom is -0.497 e. The molecule has 4 rings (SSSR count). The third-order valence-electron chi connectivity index (χ3n) is 5.93. The van der Waals surface area contributed by atoms with Crippen molar-refractivity contribution in [2.45, 2.75) is 6.42 Å². The van der Waals surface area contributed by atoms with Crippen molar-refractivity contribution in [2.75, 3.05) is 56.7 Å². The highest BCUT2D eigenvalue weighted by molar-refractivity contribution is 6.01. The van der Waals surface area contributed by atoms with Gasteiger partial charge in [-0.05, 0) is 36.4 Å². The zero-order valence-corrected chi connectivity index (χ0v) is 17.7. The van der Waals surface area contributed by atoms with Crippen molar-refractivity contribution in [3.8, 4) is 11.5 Å². The van der Waals surface area contributed by atoms with E-state index in [1.807, 2.05) is 4.90 Å². The van der Waals surface area contributed by atoms with Crippen LogP contribution in [0, 0.1) is 11.7 Å². The fourth-order valence-electron chi connectivity index (χ4n) is 4.21. The molecule has 2 heterocycles. The van der Waals surface area contributed by atoms with Crippen molar-refractivity contribution < 1.29 is 23.5 Å². The molecule has 0 radical (unpaired) electrons. The normalized spacial score (nSPS) is 19.0. The summed E-state index contributed by atoms with van der Waals surface area (Å²) in [5, 5.41) is 0. The maximum Gasteiger partial charge on any atom is 0.228 e. The first-order chi connectivity index (χ1) is 15.0. The van der Waals surface area contributed by atoms with Crippen LogP contribution < -0.4 is 19.3 Å². The number of halogens is 1. The van der Waals surface area contributed by atoms with Gasteiger partial charge in [0.15, 0.2) is 0 Å². The van der Waals surface area contributed by atoms with E-state index in [1.54, 1.807) is 49.5 Å². The molecule has 2 aliphatic rings. The van der Waals surface area contributed by atoms with E-state index in [9.17, 15) is 14.0 Å². The summed E-state index contributed by atoms with van der Waals surface area (Å²) >= 11 is 0. The van der Waals surface area contributed by atoms with E-state index in [0.29, 0.717) is 49.9 Å². The number of anilines is 2. The van der Waals surface area contributed by atoms with Crippen LogP contribution in [0.3, 0.4) is 0 Å². The van der Waals surface area contributed by atoms with E-state index in [4.69, 9.17) is 9.47 Å². The second-order valence-electron chi connectivity index (χ2n) is 7.73. The van der Waals surface area contributed by atoms with Crippen LogP contribution in [0.1, 0.15) is 6.42 Å². The molecule has 0 bridgehead atoms. The van der Waals surface area contributed by atoms with Crippen LogP contribution in [0.25, 0.3) is 0 Å². The Kier molecular flexibility index (Phi) is 5.97. The van der Waals surface area contributed by atoms with E-state index < -0.39 is 0 Å². The summed E-state index contributed by atoms with van der Waals surface area (Å²) in [6.07, 6.45) is 0.178. The van der Waals surface area contributed by atoms with E-state index in [0.717, 1.165) is 5.69 Å². The summed E-state index contributed by atoms with van der Waals surface area (Å²) in [6, 6.07) is 11.7. The first kappa shape index (κ1) is 21.0. The Labute approximate surface area is 180 Å². The summed E-state index contributed by atoms with van der Waals surface area (Å²) in [5.41, 5.74) is 1.56. The standard InChI is InChI=1S/C23H26FN3O4/c1-30-19-7-8-21(31-2)20(14-19)27-15-16(13-22(27)28)23(29)26-11-9-25(10-12-26)18-5-3-17(24)4-6-18/h3-8,14,16H,9-13,15H2,1-2H3/t16-/m1/s1. The summed E-state index contributed by atoms with van der Waals surface area (Å²) in [4.78, 5) is 31.4. The highest BCUT2D eigenvalue weighted by atomic mass is 19.1. The van der Waals surface area contributed by atoms with Crippen molar-refractivity contribution in [1.29, 1.82) is 0 Å². The van der Waals surface area contributed by atoms with Crippen LogP contribution in [0.2, 0.25) is 0 Å². The fraction of sp³-hybridized carbons (Fsp3) is 0.391. The number of hydrogen-bond acceptors (Lipinski definition) is 5. The number of carbonyl (C=O) groups excluding carboxylic acids is 2. The van der Waals surface area contributed by atoms with Gasteiger partial charge in [0, 0.05) is 50.9 Å². The smallest absolute Gasteiger partial charge is 0.228 e. The van der Waals surface area contributed by atoms with Crippen molar-refractivity contribution in [1.82, 2.24) is 4.90 Å². The second-order valence-corrected chi connectivity index (χ2v) is 7.73. The number of ether oxygens (including phenoxy) is 2. The molecule has 2 aromatic rings. The predicted molar refractivity (Wildman–Crippen MR) is 115 cm³/mol. The Morgan fingerprint density at radius 1 is 1.00 bits per heavy atom. The number of piperazine rings is 1. The lowest BCUT2D eigenvalue weighted by Crippen LogP contribution is -2.50. The van der Waals surface area contributed by atoms with Gasteiger partial charge in [-0.15, -0.1) is 0 Å². The second kappa shape index (κ2) is 8.83. The largest absolute Gasteiger partial charge is 0.497 e. The molecule has 2 saturated heterocycles. The number of nitrogens with zero attached hydrogens (tertiary/aromatic N) is 3. The van der Waals surface area contributed by atoms with Gasteiger partial charge in [-0.3, -0.25) is 9.59 Å². The van der Waals surface area contributed by atoms with Crippen LogP contribution in [-0.4, -0.2) is 63.7 Å². The first-order valence-electron chi connectivity index (χ1n) is 10.3. The van der Waals surface area contributed by atoms with Crippen LogP contribution in [0.5, 0.6) is 11.5 Å². The molecule has 0 spiro atoms. The van der Waals surface area contributed by atoms with Crippen LogP contribution >= 0.6 is 0 Å². The average Bonchev–Trinajstić information content (AvgIpc) is 3.20. The minimum absolute atomic E-state index is 0.00327. The number of methoxy groups -OCH3 is 2. The Hall–Kier alpha value is -3.29. The number of rotatable bonds is 5. The van der Waals surface area contributed by atoms with Crippen LogP contribution in [-0.2, 0) is 9.59 Å². The van der Waals surface area contributed by atoms with Gasteiger partial charge in [-0.1, -0.05) is 0 Å². The third-order valence-corrected chi connectivity index (χ3v) is 5.93. The maximum atomic E-state index is 13.2. The van der Waals surface area contributed by atoms with Crippen molar-refractivity contribution in [3.05, 3.63) is 48.3 Å². The summed E-state index contributed by atoms with van der Waals surface area (Å²) in [7, 11) is 3.12. The molecule has 2 aliphatic heterocycles. The van der Waals surface area contributed by atoms with Crippen LogP contribution in [0.15, 0.2) is 42.5 Å². The summed E-state index contributed by atoms with van der Waals surface area (Å²) in [6.45, 7) is 2.81. The topological polar surface area (TPSA) is 62.3 Å².